The number of nitrogens with zero attached hydrogens (tertiary/aromatic N) is 1. The van der Waals surface area contributed by atoms with Gasteiger partial charge in [-0.3, -0.25) is 14.5 Å². The van der Waals surface area contributed by atoms with Crippen molar-refractivity contribution in [3.8, 4) is 0 Å². The fourth-order valence-corrected chi connectivity index (χ4v) is 2.86. The van der Waals surface area contributed by atoms with Crippen LogP contribution in [0.15, 0.2) is 35.1 Å². The molecule has 122 valence electrons. The van der Waals surface area contributed by atoms with Gasteiger partial charge in [0.2, 0.25) is 5.91 Å². The van der Waals surface area contributed by atoms with Gasteiger partial charge < -0.3 is 15.0 Å². The summed E-state index contributed by atoms with van der Waals surface area (Å²) in [4.78, 5) is 28.4. The lowest BCUT2D eigenvalue weighted by Gasteiger charge is -2.32. The highest BCUT2D eigenvalue weighted by atomic mass is 16.5. The van der Waals surface area contributed by atoms with Crippen molar-refractivity contribution in [2.75, 3.05) is 26.2 Å². The highest BCUT2D eigenvalue weighted by Gasteiger charge is 2.21. The Bertz CT molecular complexity index is 756. The number of hydrogen-bond donors (Lipinski definition) is 2. The van der Waals surface area contributed by atoms with Crippen molar-refractivity contribution in [2.45, 2.75) is 19.6 Å². The van der Waals surface area contributed by atoms with Crippen LogP contribution in [-0.2, 0) is 16.1 Å². The summed E-state index contributed by atoms with van der Waals surface area (Å²) < 4.78 is 5.65. The zero-order chi connectivity index (χ0) is 16.2. The molecule has 1 aliphatic heterocycles. The Morgan fingerprint density at radius 3 is 3.09 bits per heavy atom. The largest absolute Gasteiger partial charge is 0.374 e. The summed E-state index contributed by atoms with van der Waals surface area (Å²) >= 11 is 0. The highest BCUT2D eigenvalue weighted by Crippen LogP contribution is 2.13. The Hall–Kier alpha value is -2.18. The van der Waals surface area contributed by atoms with Crippen LogP contribution in [0.3, 0.4) is 0 Å². The number of morpholine rings is 1. The third-order valence-electron chi connectivity index (χ3n) is 4.03. The van der Waals surface area contributed by atoms with E-state index in [4.69, 9.17) is 4.74 Å². The number of nitrogens with one attached hydrogen (secondary N) is 2. The molecule has 3 rings (SSSR count). The van der Waals surface area contributed by atoms with Crippen LogP contribution < -0.4 is 10.9 Å². The normalized spacial score (nSPS) is 18.9. The summed E-state index contributed by atoms with van der Waals surface area (Å²) in [7, 11) is 0. The number of carbonyl (C=O) groups is 1. The molecule has 1 saturated heterocycles. The number of carbonyl (C=O) groups excluding carboxylic acids is 1. The number of H-pyrrole nitrogens is 1. The van der Waals surface area contributed by atoms with Gasteiger partial charge in [0, 0.05) is 44.2 Å². The lowest BCUT2D eigenvalue weighted by Crippen LogP contribution is -2.47. The van der Waals surface area contributed by atoms with Crippen molar-refractivity contribution in [3.05, 3.63) is 46.2 Å². The van der Waals surface area contributed by atoms with Crippen LogP contribution in [0.25, 0.3) is 10.9 Å². The topological polar surface area (TPSA) is 74.4 Å². The van der Waals surface area contributed by atoms with Crippen molar-refractivity contribution >= 4 is 16.8 Å². The fraction of sp³-hybridized carbons (Fsp3) is 0.412. The van der Waals surface area contributed by atoms with Crippen molar-refractivity contribution in [1.29, 1.82) is 0 Å². The molecule has 1 fully saturated rings. The molecule has 0 bridgehead atoms. The number of rotatable bonds is 4. The van der Waals surface area contributed by atoms with Gasteiger partial charge in [-0.15, -0.1) is 0 Å². The van der Waals surface area contributed by atoms with Crippen LogP contribution in [-0.4, -0.2) is 48.1 Å². The molecule has 1 amide bonds. The smallest absolute Gasteiger partial charge is 0.252 e. The van der Waals surface area contributed by atoms with E-state index in [-0.39, 0.29) is 17.6 Å². The summed E-state index contributed by atoms with van der Waals surface area (Å²) in [5.74, 6) is -0.0586. The standard InChI is InChI=1S/C17H21N3O3/c1-12(21)18-9-15-11-20(6-7-23-15)10-14-8-13-4-2-3-5-16(13)19-17(14)22/h2-5,8,15H,6-7,9-11H2,1H3,(H,18,21)(H,19,22). The molecule has 2 heterocycles. The van der Waals surface area contributed by atoms with Crippen molar-refractivity contribution < 1.29 is 9.53 Å². The SMILES string of the molecule is CC(=O)NCC1CN(Cc2cc3ccccc3[nH]c2=O)CCO1. The van der Waals surface area contributed by atoms with Gasteiger partial charge in [-0.05, 0) is 17.5 Å². The molecule has 1 atom stereocenters. The average Bonchev–Trinajstić information content (AvgIpc) is 2.54. The van der Waals surface area contributed by atoms with Gasteiger partial charge in [-0.1, -0.05) is 18.2 Å². The van der Waals surface area contributed by atoms with Crippen LogP contribution in [0.2, 0.25) is 0 Å². The number of ether oxygens (including phenoxy) is 1. The van der Waals surface area contributed by atoms with E-state index < -0.39 is 0 Å². The van der Waals surface area contributed by atoms with Crippen molar-refractivity contribution in [3.63, 3.8) is 0 Å². The van der Waals surface area contributed by atoms with Gasteiger partial charge in [0.05, 0.1) is 12.7 Å². The molecule has 1 aromatic carbocycles. The number of benzene rings is 1. The van der Waals surface area contributed by atoms with E-state index in [9.17, 15) is 9.59 Å². The molecule has 1 aromatic heterocycles. The predicted molar refractivity (Wildman–Crippen MR) is 88.3 cm³/mol. The highest BCUT2D eigenvalue weighted by molar-refractivity contribution is 5.78. The monoisotopic (exact) mass is 315 g/mol. The van der Waals surface area contributed by atoms with E-state index >= 15 is 0 Å². The number of hydrogen-bond acceptors (Lipinski definition) is 4. The molecule has 1 unspecified atom stereocenters. The van der Waals surface area contributed by atoms with Crippen LogP contribution in [0.4, 0.5) is 0 Å². The summed E-state index contributed by atoms with van der Waals surface area (Å²) in [6.07, 6.45) is -0.0350. The molecule has 1 aliphatic rings. The Kier molecular flexibility index (Phi) is 4.73. The quantitative estimate of drug-likeness (QED) is 0.878. The minimum Gasteiger partial charge on any atom is -0.374 e. The van der Waals surface area contributed by atoms with Crippen molar-refractivity contribution in [1.82, 2.24) is 15.2 Å². The number of aromatic amines is 1. The molecule has 0 spiro atoms. The molecule has 2 N–H and O–H groups in total. The minimum atomic E-state index is -0.0586. The lowest BCUT2D eigenvalue weighted by atomic mass is 10.1. The second-order valence-corrected chi connectivity index (χ2v) is 5.88. The number of fused-ring (bicyclic) bond motifs is 1. The minimum absolute atomic E-state index is 0.0350. The number of pyridine rings is 1. The average molecular weight is 315 g/mol. The molecule has 6 nitrogen and oxygen atoms in total. The molecular weight excluding hydrogens is 294 g/mol. The van der Waals surface area contributed by atoms with Crippen LogP contribution in [0.5, 0.6) is 0 Å². The van der Waals surface area contributed by atoms with E-state index in [1.807, 2.05) is 30.3 Å². The molecule has 2 aromatic rings. The van der Waals surface area contributed by atoms with Gasteiger partial charge in [-0.25, -0.2) is 0 Å². The zero-order valence-corrected chi connectivity index (χ0v) is 13.2. The molecule has 0 aliphatic carbocycles. The maximum atomic E-state index is 12.2. The van der Waals surface area contributed by atoms with E-state index in [0.717, 1.165) is 23.0 Å². The summed E-state index contributed by atoms with van der Waals surface area (Å²) in [6, 6.07) is 9.72. The Labute approximate surface area is 134 Å². The summed E-state index contributed by atoms with van der Waals surface area (Å²) in [6.45, 7) is 4.67. The van der Waals surface area contributed by atoms with Gasteiger partial charge >= 0.3 is 0 Å². The summed E-state index contributed by atoms with van der Waals surface area (Å²) in [5.41, 5.74) is 1.56. The van der Waals surface area contributed by atoms with Gasteiger partial charge in [0.1, 0.15) is 0 Å². The first-order chi connectivity index (χ1) is 11.1. The third kappa shape index (κ3) is 3.97. The Morgan fingerprint density at radius 1 is 1.43 bits per heavy atom. The fourth-order valence-electron chi connectivity index (χ4n) is 2.86. The Balaban J connectivity index is 1.70. The van der Waals surface area contributed by atoms with Crippen LogP contribution in [0, 0.1) is 0 Å². The van der Waals surface area contributed by atoms with E-state index in [2.05, 4.69) is 15.2 Å². The molecule has 0 radical (unpaired) electrons. The number of aromatic nitrogens is 1. The first-order valence-corrected chi connectivity index (χ1v) is 7.81. The maximum Gasteiger partial charge on any atom is 0.252 e. The second kappa shape index (κ2) is 6.93. The summed E-state index contributed by atoms with van der Waals surface area (Å²) in [5, 5.41) is 3.81. The molecule has 0 saturated carbocycles. The van der Waals surface area contributed by atoms with E-state index in [1.165, 1.54) is 6.92 Å². The molecule has 6 heteroatoms. The van der Waals surface area contributed by atoms with Gasteiger partial charge in [-0.2, -0.15) is 0 Å². The van der Waals surface area contributed by atoms with E-state index in [0.29, 0.717) is 26.2 Å². The van der Waals surface area contributed by atoms with Crippen LogP contribution >= 0.6 is 0 Å². The predicted octanol–water partition coefficient (Wildman–Crippen LogP) is 0.865. The van der Waals surface area contributed by atoms with Gasteiger partial charge in [0.25, 0.3) is 5.56 Å². The van der Waals surface area contributed by atoms with E-state index in [1.54, 1.807) is 0 Å². The second-order valence-electron chi connectivity index (χ2n) is 5.88. The molecule has 23 heavy (non-hydrogen) atoms. The third-order valence-corrected chi connectivity index (χ3v) is 4.03. The Morgan fingerprint density at radius 2 is 2.26 bits per heavy atom. The maximum absolute atomic E-state index is 12.2. The lowest BCUT2D eigenvalue weighted by molar-refractivity contribution is -0.120. The first-order valence-electron chi connectivity index (χ1n) is 7.81. The van der Waals surface area contributed by atoms with Crippen molar-refractivity contribution in [2.24, 2.45) is 0 Å². The number of para-hydroxylation sites is 1. The van der Waals surface area contributed by atoms with Gasteiger partial charge in [0.15, 0.2) is 0 Å². The van der Waals surface area contributed by atoms with Crippen LogP contribution in [0.1, 0.15) is 12.5 Å². The first kappa shape index (κ1) is 15.7. The number of amides is 1. The molecular formula is C17H21N3O3. The zero-order valence-electron chi connectivity index (χ0n) is 13.2.